The third-order valence-electron chi connectivity index (χ3n) is 4.70. The smallest absolute Gasteiger partial charge is 0.0645 e. The molecule has 1 aliphatic carbocycles. The van der Waals surface area contributed by atoms with E-state index in [-0.39, 0.29) is 11.1 Å². The monoisotopic (exact) mass is 226 g/mol. The highest BCUT2D eigenvalue weighted by atomic mass is 16.5. The second-order valence-electron chi connectivity index (χ2n) is 6.12. The average Bonchev–Trinajstić information content (AvgIpc) is 2.60. The van der Waals surface area contributed by atoms with Crippen molar-refractivity contribution in [3.63, 3.8) is 0 Å². The Balaban J connectivity index is 2.25. The summed E-state index contributed by atoms with van der Waals surface area (Å²) in [5, 5.41) is 0. The van der Waals surface area contributed by atoms with Crippen molar-refractivity contribution in [1.82, 2.24) is 4.90 Å². The Morgan fingerprint density at radius 1 is 1.44 bits per heavy atom. The van der Waals surface area contributed by atoms with Crippen molar-refractivity contribution in [3.05, 3.63) is 0 Å². The van der Waals surface area contributed by atoms with Crippen LogP contribution in [0.25, 0.3) is 0 Å². The number of nitrogens with two attached hydrogens (primary N) is 1. The molecule has 2 rings (SSSR count). The predicted molar refractivity (Wildman–Crippen MR) is 66.4 cm³/mol. The average molecular weight is 226 g/mol. The van der Waals surface area contributed by atoms with Crippen LogP contribution in [-0.2, 0) is 4.74 Å². The minimum Gasteiger partial charge on any atom is -0.378 e. The van der Waals surface area contributed by atoms with Crippen LogP contribution in [0.2, 0.25) is 0 Å². The van der Waals surface area contributed by atoms with Crippen LogP contribution in [-0.4, -0.2) is 42.3 Å². The molecule has 1 saturated heterocycles. The van der Waals surface area contributed by atoms with E-state index in [1.807, 2.05) is 0 Å². The van der Waals surface area contributed by atoms with Crippen LogP contribution < -0.4 is 5.73 Å². The van der Waals surface area contributed by atoms with Crippen LogP contribution in [0.1, 0.15) is 40.0 Å². The molecule has 0 bridgehead atoms. The fourth-order valence-electron chi connectivity index (χ4n) is 3.73. The lowest BCUT2D eigenvalue weighted by Crippen LogP contribution is -2.67. The molecule has 0 spiro atoms. The second kappa shape index (κ2) is 4.28. The van der Waals surface area contributed by atoms with Crippen molar-refractivity contribution in [2.75, 3.05) is 26.3 Å². The minimum absolute atomic E-state index is 0.135. The molecule has 2 fully saturated rings. The number of nitrogens with zero attached hydrogens (tertiary/aromatic N) is 1. The predicted octanol–water partition coefficient (Wildman–Crippen LogP) is 1.61. The molecule has 1 saturated carbocycles. The molecule has 0 aromatic heterocycles. The van der Waals surface area contributed by atoms with E-state index >= 15 is 0 Å². The number of rotatable bonds is 2. The van der Waals surface area contributed by atoms with Crippen LogP contribution in [0.3, 0.4) is 0 Å². The van der Waals surface area contributed by atoms with E-state index in [9.17, 15) is 0 Å². The molecule has 2 N–H and O–H groups in total. The first-order valence-electron chi connectivity index (χ1n) is 6.58. The first-order chi connectivity index (χ1) is 7.53. The lowest BCUT2D eigenvalue weighted by Gasteiger charge is -2.54. The van der Waals surface area contributed by atoms with Gasteiger partial charge >= 0.3 is 0 Å². The van der Waals surface area contributed by atoms with Crippen LogP contribution >= 0.6 is 0 Å². The quantitative estimate of drug-likeness (QED) is 0.777. The molecule has 2 atom stereocenters. The van der Waals surface area contributed by atoms with Gasteiger partial charge in [0, 0.05) is 24.2 Å². The summed E-state index contributed by atoms with van der Waals surface area (Å²) in [6.45, 7) is 10.5. The number of hydrogen-bond donors (Lipinski definition) is 1. The molecule has 3 heteroatoms. The van der Waals surface area contributed by atoms with E-state index in [1.165, 1.54) is 19.3 Å². The summed E-state index contributed by atoms with van der Waals surface area (Å²) in [5.74, 6) is 0.717. The highest BCUT2D eigenvalue weighted by Crippen LogP contribution is 2.43. The molecule has 1 heterocycles. The van der Waals surface area contributed by atoms with E-state index in [0.29, 0.717) is 0 Å². The normalized spacial score (nSPS) is 40.1. The van der Waals surface area contributed by atoms with E-state index in [4.69, 9.17) is 10.5 Å². The highest BCUT2D eigenvalue weighted by molar-refractivity contribution is 5.05. The summed E-state index contributed by atoms with van der Waals surface area (Å²) in [7, 11) is 0. The van der Waals surface area contributed by atoms with Gasteiger partial charge in [0.05, 0.1) is 13.2 Å². The topological polar surface area (TPSA) is 38.5 Å². The largest absolute Gasteiger partial charge is 0.378 e. The summed E-state index contributed by atoms with van der Waals surface area (Å²) in [4.78, 5) is 2.64. The Labute approximate surface area is 99.3 Å². The van der Waals surface area contributed by atoms with Gasteiger partial charge in [-0.3, -0.25) is 4.90 Å². The molecule has 2 unspecified atom stereocenters. The lowest BCUT2D eigenvalue weighted by molar-refractivity contribution is -0.113. The number of hydrogen-bond acceptors (Lipinski definition) is 3. The molecule has 16 heavy (non-hydrogen) atoms. The van der Waals surface area contributed by atoms with Gasteiger partial charge in [-0.2, -0.15) is 0 Å². The summed E-state index contributed by atoms with van der Waals surface area (Å²) in [6, 6.07) is 0. The zero-order valence-electron chi connectivity index (χ0n) is 11.0. The molecular weight excluding hydrogens is 200 g/mol. The van der Waals surface area contributed by atoms with Gasteiger partial charge in [0.25, 0.3) is 0 Å². The molecule has 94 valence electrons. The molecule has 0 aromatic carbocycles. The van der Waals surface area contributed by atoms with Crippen molar-refractivity contribution in [3.8, 4) is 0 Å². The molecule has 0 aromatic rings. The fraction of sp³-hybridized carbons (Fsp3) is 1.00. The maximum Gasteiger partial charge on any atom is 0.0645 e. The minimum atomic E-state index is 0.135. The van der Waals surface area contributed by atoms with Gasteiger partial charge in [-0.05, 0) is 32.6 Å². The van der Waals surface area contributed by atoms with Gasteiger partial charge in [0.2, 0.25) is 0 Å². The first kappa shape index (κ1) is 12.3. The van der Waals surface area contributed by atoms with Crippen molar-refractivity contribution in [2.24, 2.45) is 11.7 Å². The van der Waals surface area contributed by atoms with Crippen LogP contribution in [0.4, 0.5) is 0 Å². The standard InChI is InChI=1S/C13H26N2O/c1-11-5-4-6-13(11,9-14)15-7-8-16-10-12(15,2)3/h11H,4-10,14H2,1-3H3. The van der Waals surface area contributed by atoms with E-state index in [2.05, 4.69) is 25.7 Å². The highest BCUT2D eigenvalue weighted by Gasteiger charge is 2.49. The van der Waals surface area contributed by atoms with Crippen molar-refractivity contribution in [1.29, 1.82) is 0 Å². The Bertz CT molecular complexity index is 254. The Hall–Kier alpha value is -0.120. The number of ether oxygens (including phenoxy) is 1. The third kappa shape index (κ3) is 1.79. The summed E-state index contributed by atoms with van der Waals surface area (Å²) >= 11 is 0. The fourth-order valence-corrected chi connectivity index (χ4v) is 3.73. The Morgan fingerprint density at radius 3 is 2.69 bits per heavy atom. The summed E-state index contributed by atoms with van der Waals surface area (Å²) in [5.41, 5.74) is 6.49. The van der Waals surface area contributed by atoms with Gasteiger partial charge < -0.3 is 10.5 Å². The van der Waals surface area contributed by atoms with Crippen molar-refractivity contribution >= 4 is 0 Å². The third-order valence-corrected chi connectivity index (χ3v) is 4.70. The van der Waals surface area contributed by atoms with E-state index in [0.717, 1.165) is 32.2 Å². The van der Waals surface area contributed by atoms with Gasteiger partial charge in [0.15, 0.2) is 0 Å². The van der Waals surface area contributed by atoms with Gasteiger partial charge in [-0.15, -0.1) is 0 Å². The zero-order chi connectivity index (χ0) is 11.8. The van der Waals surface area contributed by atoms with Crippen LogP contribution in [0.5, 0.6) is 0 Å². The van der Waals surface area contributed by atoms with E-state index < -0.39 is 0 Å². The zero-order valence-corrected chi connectivity index (χ0v) is 11.0. The van der Waals surface area contributed by atoms with Crippen molar-refractivity contribution in [2.45, 2.75) is 51.1 Å². The maximum absolute atomic E-state index is 6.13. The van der Waals surface area contributed by atoms with Gasteiger partial charge in [0.1, 0.15) is 0 Å². The summed E-state index contributed by atoms with van der Waals surface area (Å²) < 4.78 is 5.62. The maximum atomic E-state index is 6.13. The van der Waals surface area contributed by atoms with Gasteiger partial charge in [-0.25, -0.2) is 0 Å². The number of morpholine rings is 1. The molecule has 0 amide bonds. The molecule has 0 radical (unpaired) electrons. The van der Waals surface area contributed by atoms with Gasteiger partial charge in [-0.1, -0.05) is 13.3 Å². The van der Waals surface area contributed by atoms with Crippen molar-refractivity contribution < 1.29 is 4.74 Å². The van der Waals surface area contributed by atoms with Crippen LogP contribution in [0, 0.1) is 5.92 Å². The molecule has 2 aliphatic rings. The Morgan fingerprint density at radius 2 is 2.19 bits per heavy atom. The molecule has 3 nitrogen and oxygen atoms in total. The molecular formula is C13H26N2O. The lowest BCUT2D eigenvalue weighted by atomic mass is 9.82. The van der Waals surface area contributed by atoms with Crippen LogP contribution in [0.15, 0.2) is 0 Å². The van der Waals surface area contributed by atoms with E-state index in [1.54, 1.807) is 0 Å². The second-order valence-corrected chi connectivity index (χ2v) is 6.12. The first-order valence-corrected chi connectivity index (χ1v) is 6.58. The SMILES string of the molecule is CC1CCCC1(CN)N1CCOCC1(C)C. The molecule has 1 aliphatic heterocycles. The summed E-state index contributed by atoms with van der Waals surface area (Å²) in [6.07, 6.45) is 3.91. The Kier molecular flexibility index (Phi) is 3.30.